The van der Waals surface area contributed by atoms with E-state index < -0.39 is 4.92 Å². The highest BCUT2D eigenvalue weighted by Gasteiger charge is 2.10. The summed E-state index contributed by atoms with van der Waals surface area (Å²) in [5.74, 6) is 0.490. The molecule has 0 saturated carbocycles. The van der Waals surface area contributed by atoms with Gasteiger partial charge in [0.2, 0.25) is 0 Å². The zero-order valence-electron chi connectivity index (χ0n) is 13.9. The molecule has 2 aromatic heterocycles. The van der Waals surface area contributed by atoms with E-state index in [1.807, 2.05) is 30.3 Å². The van der Waals surface area contributed by atoms with Crippen LogP contribution in [0, 0.1) is 10.1 Å². The molecule has 0 saturated heterocycles. The Bertz CT molecular complexity index is 1140. The molecule has 0 aliphatic rings. The molecule has 27 heavy (non-hydrogen) atoms. The summed E-state index contributed by atoms with van der Waals surface area (Å²) in [5, 5.41) is 20.0. The highest BCUT2D eigenvalue weighted by Crippen LogP contribution is 2.21. The van der Waals surface area contributed by atoms with Crippen molar-refractivity contribution >= 4 is 28.8 Å². The summed E-state index contributed by atoms with van der Waals surface area (Å²) >= 11 is 0. The smallest absolute Gasteiger partial charge is 0.261 e. The van der Waals surface area contributed by atoms with Crippen LogP contribution in [0.3, 0.4) is 0 Å². The van der Waals surface area contributed by atoms with Crippen LogP contribution in [-0.2, 0) is 0 Å². The Morgan fingerprint density at radius 1 is 1.11 bits per heavy atom. The van der Waals surface area contributed by atoms with E-state index in [0.717, 1.165) is 5.69 Å². The lowest BCUT2D eigenvalue weighted by molar-refractivity contribution is -0.384. The molecule has 0 spiro atoms. The molecular weight excluding hydrogens is 346 g/mol. The maximum Gasteiger partial charge on any atom is 0.270 e. The number of anilines is 1. The van der Waals surface area contributed by atoms with Gasteiger partial charge >= 0.3 is 0 Å². The quantitative estimate of drug-likeness (QED) is 0.333. The number of benzene rings is 2. The lowest BCUT2D eigenvalue weighted by Crippen LogP contribution is -1.99. The first-order valence-electron chi connectivity index (χ1n) is 8.00. The first-order valence-corrected chi connectivity index (χ1v) is 8.00. The maximum absolute atomic E-state index is 10.8. The molecule has 0 atom stereocenters. The summed E-state index contributed by atoms with van der Waals surface area (Å²) in [6.45, 7) is 0. The number of hydrazone groups is 1. The number of non-ortho nitro benzene ring substituents is 1. The number of nitro groups is 1. The minimum atomic E-state index is -0.448. The lowest BCUT2D eigenvalue weighted by Gasteiger charge is -2.03. The molecule has 0 fully saturated rings. The molecule has 2 aromatic carbocycles. The molecule has 9 nitrogen and oxygen atoms in total. The molecule has 0 aliphatic carbocycles. The van der Waals surface area contributed by atoms with Gasteiger partial charge in [0.05, 0.1) is 28.4 Å². The number of aromatic nitrogens is 4. The zero-order valence-corrected chi connectivity index (χ0v) is 13.9. The highest BCUT2D eigenvalue weighted by atomic mass is 16.6. The van der Waals surface area contributed by atoms with Crippen LogP contribution in [0.2, 0.25) is 0 Å². The molecule has 0 bridgehead atoms. The van der Waals surface area contributed by atoms with E-state index >= 15 is 0 Å². The van der Waals surface area contributed by atoms with Gasteiger partial charge < -0.3 is 0 Å². The van der Waals surface area contributed by atoms with Crippen molar-refractivity contribution in [1.82, 2.24) is 19.7 Å². The van der Waals surface area contributed by atoms with Crippen molar-refractivity contribution < 1.29 is 4.92 Å². The topological polar surface area (TPSA) is 111 Å². The molecule has 2 heterocycles. The highest BCUT2D eigenvalue weighted by molar-refractivity contribution is 5.88. The van der Waals surface area contributed by atoms with Gasteiger partial charge in [0.25, 0.3) is 5.69 Å². The standard InChI is InChI=1S/C18H13N7O2/c26-25(27)15-8-4-5-13(9-15)10-21-23-17-16-11-22-24(18(16)20-12-19-17)14-6-2-1-3-7-14/h1-12H,(H,19,20,23)/b21-10-. The zero-order chi connectivity index (χ0) is 18.6. The third kappa shape index (κ3) is 3.33. The van der Waals surface area contributed by atoms with Crippen molar-refractivity contribution in [1.29, 1.82) is 0 Å². The Hall–Kier alpha value is -4.14. The second-order valence-corrected chi connectivity index (χ2v) is 5.57. The van der Waals surface area contributed by atoms with Crippen LogP contribution in [0.25, 0.3) is 16.7 Å². The Morgan fingerprint density at radius 3 is 2.78 bits per heavy atom. The number of hydrogen-bond donors (Lipinski definition) is 1. The van der Waals surface area contributed by atoms with Crippen LogP contribution >= 0.6 is 0 Å². The lowest BCUT2D eigenvalue weighted by atomic mass is 10.2. The number of nitro benzene ring substituents is 1. The Balaban J connectivity index is 1.61. The molecule has 0 unspecified atom stereocenters. The number of rotatable bonds is 5. The number of nitrogens with one attached hydrogen (secondary N) is 1. The monoisotopic (exact) mass is 359 g/mol. The van der Waals surface area contributed by atoms with Gasteiger partial charge in [0, 0.05) is 17.7 Å². The van der Waals surface area contributed by atoms with Gasteiger partial charge in [-0.1, -0.05) is 30.3 Å². The molecular formula is C18H13N7O2. The second kappa shape index (κ2) is 7.00. The molecule has 1 N–H and O–H groups in total. The second-order valence-electron chi connectivity index (χ2n) is 5.57. The van der Waals surface area contributed by atoms with Crippen molar-refractivity contribution in [2.24, 2.45) is 5.10 Å². The van der Waals surface area contributed by atoms with Crippen LogP contribution in [0.1, 0.15) is 5.56 Å². The van der Waals surface area contributed by atoms with Gasteiger partial charge in [-0.05, 0) is 12.1 Å². The predicted octanol–water partition coefficient (Wildman–Crippen LogP) is 3.17. The average Bonchev–Trinajstić information content (AvgIpc) is 3.14. The van der Waals surface area contributed by atoms with E-state index in [1.54, 1.807) is 23.0 Å². The number of nitrogens with zero attached hydrogens (tertiary/aromatic N) is 6. The average molecular weight is 359 g/mol. The van der Waals surface area contributed by atoms with Crippen molar-refractivity contribution in [2.75, 3.05) is 5.43 Å². The van der Waals surface area contributed by atoms with E-state index in [1.165, 1.54) is 24.7 Å². The van der Waals surface area contributed by atoms with Crippen LogP contribution in [0.15, 0.2) is 72.2 Å². The fourth-order valence-electron chi connectivity index (χ4n) is 2.58. The predicted molar refractivity (Wildman–Crippen MR) is 101 cm³/mol. The van der Waals surface area contributed by atoms with Crippen LogP contribution in [0.5, 0.6) is 0 Å². The molecule has 0 radical (unpaired) electrons. The number of hydrogen-bond acceptors (Lipinski definition) is 7. The Kier molecular flexibility index (Phi) is 4.24. The molecule has 4 rings (SSSR count). The van der Waals surface area contributed by atoms with Crippen LogP contribution in [0.4, 0.5) is 11.5 Å². The van der Waals surface area contributed by atoms with Crippen molar-refractivity contribution in [3.8, 4) is 5.69 Å². The summed E-state index contributed by atoms with van der Waals surface area (Å²) < 4.78 is 1.71. The normalized spacial score (nSPS) is 11.1. The summed E-state index contributed by atoms with van der Waals surface area (Å²) in [7, 11) is 0. The molecule has 9 heteroatoms. The van der Waals surface area contributed by atoms with Crippen molar-refractivity contribution in [3.63, 3.8) is 0 Å². The van der Waals surface area contributed by atoms with Gasteiger partial charge in [-0.25, -0.2) is 14.6 Å². The Labute approximate surface area is 153 Å². The molecule has 0 aliphatic heterocycles. The van der Waals surface area contributed by atoms with Gasteiger partial charge in [0.15, 0.2) is 11.5 Å². The summed E-state index contributed by atoms with van der Waals surface area (Å²) in [4.78, 5) is 18.9. The van der Waals surface area contributed by atoms with E-state index in [2.05, 4.69) is 25.6 Å². The largest absolute Gasteiger partial charge is 0.270 e. The van der Waals surface area contributed by atoms with E-state index in [0.29, 0.717) is 22.4 Å². The third-order valence-corrected chi connectivity index (χ3v) is 3.83. The van der Waals surface area contributed by atoms with Gasteiger partial charge in [0.1, 0.15) is 6.33 Å². The third-order valence-electron chi connectivity index (χ3n) is 3.83. The van der Waals surface area contributed by atoms with Crippen molar-refractivity contribution in [2.45, 2.75) is 0 Å². The van der Waals surface area contributed by atoms with Crippen LogP contribution in [-0.4, -0.2) is 30.9 Å². The summed E-state index contributed by atoms with van der Waals surface area (Å²) in [5.41, 5.74) is 4.98. The summed E-state index contributed by atoms with van der Waals surface area (Å²) in [6, 6.07) is 15.8. The first-order chi connectivity index (χ1) is 13.2. The fourth-order valence-corrected chi connectivity index (χ4v) is 2.58. The molecule has 4 aromatic rings. The minimum absolute atomic E-state index is 0.00696. The van der Waals surface area contributed by atoms with E-state index in [9.17, 15) is 10.1 Å². The van der Waals surface area contributed by atoms with Gasteiger partial charge in [-0.2, -0.15) is 10.2 Å². The summed E-state index contributed by atoms with van der Waals surface area (Å²) in [6.07, 6.45) is 4.57. The number of fused-ring (bicyclic) bond motifs is 1. The van der Waals surface area contributed by atoms with Crippen molar-refractivity contribution in [3.05, 3.63) is 82.8 Å². The first kappa shape index (κ1) is 16.3. The van der Waals surface area contributed by atoms with Crippen LogP contribution < -0.4 is 5.43 Å². The SMILES string of the molecule is O=[N+]([O-])c1cccc(/C=N\Nc2ncnc3c2cnn3-c2ccccc2)c1. The number of para-hydroxylation sites is 1. The van der Waals surface area contributed by atoms with Gasteiger partial charge in [-0.15, -0.1) is 0 Å². The fraction of sp³-hybridized carbons (Fsp3) is 0. The molecule has 0 amide bonds. The molecule has 132 valence electrons. The van der Waals surface area contributed by atoms with E-state index in [4.69, 9.17) is 0 Å². The minimum Gasteiger partial charge on any atom is -0.261 e. The van der Waals surface area contributed by atoms with Gasteiger partial charge in [-0.3, -0.25) is 15.5 Å². The Morgan fingerprint density at radius 2 is 1.96 bits per heavy atom. The maximum atomic E-state index is 10.8. The van der Waals surface area contributed by atoms with E-state index in [-0.39, 0.29) is 5.69 Å².